The summed E-state index contributed by atoms with van der Waals surface area (Å²) in [4.78, 5) is 20.9. The van der Waals surface area contributed by atoms with Gasteiger partial charge in [0.1, 0.15) is 0 Å². The molecule has 4 nitrogen and oxygen atoms in total. The van der Waals surface area contributed by atoms with Crippen LogP contribution in [0.1, 0.15) is 16.9 Å². The number of carbonyl (C=O) groups excluding carboxylic acids is 1. The van der Waals surface area contributed by atoms with E-state index < -0.39 is 0 Å². The Kier molecular flexibility index (Phi) is 5.55. The number of benzene rings is 1. The van der Waals surface area contributed by atoms with Crippen LogP contribution in [0.5, 0.6) is 0 Å². The highest BCUT2D eigenvalue weighted by atomic mass is 32.1. The monoisotopic (exact) mass is 391 g/mol. The van der Waals surface area contributed by atoms with Gasteiger partial charge in [0.05, 0.1) is 5.41 Å². The molecule has 3 aromatic rings. The minimum absolute atomic E-state index is 0.146. The third-order valence-corrected chi connectivity index (χ3v) is 6.43. The molecule has 1 aliphatic heterocycles. The molecule has 3 heterocycles. The molecule has 144 valence electrons. The molecule has 1 aromatic carbocycles. The standard InChI is InChI=1S/C23H25N3OS/c1-24-22(27)23(9-11-26(17-23)16-21-8-4-12-28-21)14-18-5-2-6-19(13-18)20-7-3-10-25-15-20/h2-8,10,12-13,15H,9,11,14,16-17H2,1H3,(H,24,27). The van der Waals surface area contributed by atoms with Crippen molar-refractivity contribution in [1.29, 1.82) is 0 Å². The summed E-state index contributed by atoms with van der Waals surface area (Å²) in [5.41, 5.74) is 3.07. The van der Waals surface area contributed by atoms with E-state index in [1.165, 1.54) is 10.4 Å². The average Bonchev–Trinajstić information content (AvgIpc) is 3.39. The zero-order valence-corrected chi connectivity index (χ0v) is 16.9. The van der Waals surface area contributed by atoms with Crippen LogP contribution in [0.2, 0.25) is 0 Å². The number of aromatic nitrogens is 1. The van der Waals surface area contributed by atoms with Crippen LogP contribution in [-0.4, -0.2) is 35.9 Å². The molecule has 5 heteroatoms. The van der Waals surface area contributed by atoms with Crippen LogP contribution in [0.3, 0.4) is 0 Å². The van der Waals surface area contributed by atoms with Crippen LogP contribution in [0.4, 0.5) is 0 Å². The molecule has 0 radical (unpaired) electrons. The Morgan fingerprint density at radius 3 is 2.86 bits per heavy atom. The summed E-state index contributed by atoms with van der Waals surface area (Å²) in [6, 6.07) is 16.8. The molecule has 2 aromatic heterocycles. The first kappa shape index (κ1) is 18.8. The van der Waals surface area contributed by atoms with Crippen LogP contribution in [-0.2, 0) is 17.8 Å². The number of hydrogen-bond acceptors (Lipinski definition) is 4. The summed E-state index contributed by atoms with van der Waals surface area (Å²) in [6.45, 7) is 2.67. The number of rotatable bonds is 6. The minimum Gasteiger partial charge on any atom is -0.359 e. The van der Waals surface area contributed by atoms with Gasteiger partial charge in [0.25, 0.3) is 0 Å². The SMILES string of the molecule is CNC(=O)C1(Cc2cccc(-c3cccnc3)c2)CCN(Cc2cccs2)C1. The van der Waals surface area contributed by atoms with E-state index in [0.29, 0.717) is 0 Å². The van der Waals surface area contributed by atoms with Crippen molar-refractivity contribution in [3.05, 3.63) is 76.7 Å². The van der Waals surface area contributed by atoms with Crippen molar-refractivity contribution in [2.45, 2.75) is 19.4 Å². The zero-order valence-electron chi connectivity index (χ0n) is 16.1. The van der Waals surface area contributed by atoms with Gasteiger partial charge in [-0.1, -0.05) is 36.4 Å². The van der Waals surface area contributed by atoms with E-state index in [9.17, 15) is 4.79 Å². The van der Waals surface area contributed by atoms with Gasteiger partial charge in [0, 0.05) is 37.4 Å². The third kappa shape index (κ3) is 4.01. The summed E-state index contributed by atoms with van der Waals surface area (Å²) >= 11 is 1.78. The molecule has 1 aliphatic rings. The highest BCUT2D eigenvalue weighted by Gasteiger charge is 2.44. The Morgan fingerprint density at radius 1 is 1.21 bits per heavy atom. The lowest BCUT2D eigenvalue weighted by Gasteiger charge is -2.28. The Bertz CT molecular complexity index is 926. The summed E-state index contributed by atoms with van der Waals surface area (Å²) in [7, 11) is 1.75. The second-order valence-corrected chi connectivity index (χ2v) is 8.55. The zero-order chi connectivity index (χ0) is 19.4. The first-order chi connectivity index (χ1) is 13.7. The fourth-order valence-corrected chi connectivity index (χ4v) is 4.92. The lowest BCUT2D eigenvalue weighted by Crippen LogP contribution is -2.43. The molecule has 0 aliphatic carbocycles. The number of amides is 1. The maximum Gasteiger partial charge on any atom is 0.227 e. The van der Waals surface area contributed by atoms with Crippen LogP contribution in [0.25, 0.3) is 11.1 Å². The van der Waals surface area contributed by atoms with E-state index in [0.717, 1.165) is 43.6 Å². The summed E-state index contributed by atoms with van der Waals surface area (Å²) in [5.74, 6) is 0.146. The van der Waals surface area contributed by atoms with E-state index in [-0.39, 0.29) is 11.3 Å². The van der Waals surface area contributed by atoms with Crippen molar-refractivity contribution in [3.63, 3.8) is 0 Å². The molecule has 1 fully saturated rings. The number of nitrogens with one attached hydrogen (secondary N) is 1. The predicted octanol–water partition coefficient (Wildman–Crippen LogP) is 3.99. The van der Waals surface area contributed by atoms with Gasteiger partial charge in [-0.2, -0.15) is 0 Å². The number of hydrogen-bond donors (Lipinski definition) is 1. The fraction of sp³-hybridized carbons (Fsp3) is 0.304. The van der Waals surface area contributed by atoms with Crippen LogP contribution < -0.4 is 5.32 Å². The van der Waals surface area contributed by atoms with Gasteiger partial charge in [-0.15, -0.1) is 11.3 Å². The molecular formula is C23H25N3OS. The average molecular weight is 392 g/mol. The maximum atomic E-state index is 12.9. The number of nitrogens with zero attached hydrogens (tertiary/aromatic N) is 2. The smallest absolute Gasteiger partial charge is 0.227 e. The molecular weight excluding hydrogens is 366 g/mol. The fourth-order valence-electron chi connectivity index (χ4n) is 4.18. The first-order valence-electron chi connectivity index (χ1n) is 9.65. The van der Waals surface area contributed by atoms with Crippen molar-refractivity contribution in [2.24, 2.45) is 5.41 Å². The van der Waals surface area contributed by atoms with Gasteiger partial charge in [-0.25, -0.2) is 0 Å². The van der Waals surface area contributed by atoms with E-state index in [2.05, 4.69) is 63.0 Å². The van der Waals surface area contributed by atoms with Crippen molar-refractivity contribution >= 4 is 17.2 Å². The molecule has 28 heavy (non-hydrogen) atoms. The first-order valence-corrected chi connectivity index (χ1v) is 10.5. The molecule has 0 saturated carbocycles. The van der Waals surface area contributed by atoms with E-state index >= 15 is 0 Å². The quantitative estimate of drug-likeness (QED) is 0.691. The Balaban J connectivity index is 1.55. The molecule has 1 N–H and O–H groups in total. The van der Waals surface area contributed by atoms with Crippen molar-refractivity contribution in [2.75, 3.05) is 20.1 Å². The summed E-state index contributed by atoms with van der Waals surface area (Å²) in [5, 5.41) is 5.03. The normalized spacial score (nSPS) is 19.6. The number of pyridine rings is 1. The molecule has 1 amide bonds. The van der Waals surface area contributed by atoms with Crippen LogP contribution in [0, 0.1) is 5.41 Å². The lowest BCUT2D eigenvalue weighted by molar-refractivity contribution is -0.130. The largest absolute Gasteiger partial charge is 0.359 e. The molecule has 0 bridgehead atoms. The third-order valence-electron chi connectivity index (χ3n) is 5.57. The lowest BCUT2D eigenvalue weighted by atomic mass is 9.79. The molecule has 1 unspecified atom stereocenters. The van der Waals surface area contributed by atoms with E-state index in [4.69, 9.17) is 0 Å². The van der Waals surface area contributed by atoms with E-state index in [1.807, 2.05) is 12.3 Å². The number of likely N-dealkylation sites (tertiary alicyclic amines) is 1. The van der Waals surface area contributed by atoms with Crippen molar-refractivity contribution < 1.29 is 4.79 Å². The molecule has 0 spiro atoms. The number of carbonyl (C=O) groups is 1. The molecule has 1 saturated heterocycles. The summed E-state index contributed by atoms with van der Waals surface area (Å²) in [6.07, 6.45) is 5.30. The van der Waals surface area contributed by atoms with Crippen LogP contribution >= 0.6 is 11.3 Å². The minimum atomic E-state index is -0.375. The Labute approximate surface area is 170 Å². The highest BCUT2D eigenvalue weighted by Crippen LogP contribution is 2.36. The second-order valence-electron chi connectivity index (χ2n) is 7.52. The van der Waals surface area contributed by atoms with Gasteiger partial charge < -0.3 is 5.32 Å². The topological polar surface area (TPSA) is 45.2 Å². The second kappa shape index (κ2) is 8.25. The van der Waals surface area contributed by atoms with Gasteiger partial charge in [-0.3, -0.25) is 14.7 Å². The van der Waals surface area contributed by atoms with Crippen LogP contribution in [0.15, 0.2) is 66.3 Å². The van der Waals surface area contributed by atoms with Crippen molar-refractivity contribution in [3.8, 4) is 11.1 Å². The van der Waals surface area contributed by atoms with Gasteiger partial charge in [-0.05, 0) is 53.6 Å². The van der Waals surface area contributed by atoms with Gasteiger partial charge in [0.2, 0.25) is 5.91 Å². The highest BCUT2D eigenvalue weighted by molar-refractivity contribution is 7.09. The molecule has 4 rings (SSSR count). The van der Waals surface area contributed by atoms with Gasteiger partial charge >= 0.3 is 0 Å². The van der Waals surface area contributed by atoms with Gasteiger partial charge in [0.15, 0.2) is 0 Å². The van der Waals surface area contributed by atoms with E-state index in [1.54, 1.807) is 24.6 Å². The maximum absolute atomic E-state index is 12.9. The Hall–Kier alpha value is -2.50. The predicted molar refractivity (Wildman–Crippen MR) is 114 cm³/mol. The Morgan fingerprint density at radius 2 is 2.11 bits per heavy atom. The van der Waals surface area contributed by atoms with Crippen molar-refractivity contribution in [1.82, 2.24) is 15.2 Å². The number of thiophene rings is 1. The molecule has 1 atom stereocenters. The summed E-state index contributed by atoms with van der Waals surface area (Å²) < 4.78 is 0.